The average Bonchev–Trinajstić information content (AvgIpc) is 3.03. The van der Waals surface area contributed by atoms with Gasteiger partial charge in [-0.05, 0) is 51.4 Å². The zero-order valence-electron chi connectivity index (χ0n) is 30.6. The highest BCUT2D eigenvalue weighted by molar-refractivity contribution is 5.70. The van der Waals surface area contributed by atoms with E-state index in [4.69, 9.17) is 18.9 Å². The van der Waals surface area contributed by atoms with E-state index in [1.54, 1.807) is 0 Å². The Labute approximate surface area is 291 Å². The van der Waals surface area contributed by atoms with E-state index in [-0.39, 0.29) is 38.6 Å². The molecular formula is C39H65NO8. The Morgan fingerprint density at radius 1 is 0.646 bits per heavy atom. The summed E-state index contributed by atoms with van der Waals surface area (Å²) in [5, 5.41) is 11.6. The van der Waals surface area contributed by atoms with E-state index in [1.807, 2.05) is 27.2 Å². The van der Waals surface area contributed by atoms with Crippen LogP contribution in [0.1, 0.15) is 110 Å². The lowest BCUT2D eigenvalue weighted by Crippen LogP contribution is -2.44. The number of carboxylic acid groups (broad SMARTS) is 1. The molecule has 0 aliphatic carbocycles. The van der Waals surface area contributed by atoms with Crippen LogP contribution in [-0.2, 0) is 33.3 Å². The average molecular weight is 676 g/mol. The van der Waals surface area contributed by atoms with Gasteiger partial charge in [0.15, 0.2) is 12.4 Å². The van der Waals surface area contributed by atoms with Crippen molar-refractivity contribution < 1.29 is 42.9 Å². The van der Waals surface area contributed by atoms with E-state index in [0.717, 1.165) is 64.2 Å². The molecule has 0 spiro atoms. The fourth-order valence-electron chi connectivity index (χ4n) is 4.21. The number of carboxylic acids is 1. The van der Waals surface area contributed by atoms with Gasteiger partial charge < -0.3 is 33.3 Å². The highest BCUT2D eigenvalue weighted by atomic mass is 16.7. The summed E-state index contributed by atoms with van der Waals surface area (Å²) >= 11 is 0. The Kier molecular flexibility index (Phi) is 29.3. The van der Waals surface area contributed by atoms with Crippen molar-refractivity contribution >= 4 is 17.9 Å². The lowest BCUT2D eigenvalue weighted by Gasteiger charge is -2.26. The summed E-state index contributed by atoms with van der Waals surface area (Å²) in [5.74, 6) is -2.39. The molecule has 0 heterocycles. The lowest BCUT2D eigenvalue weighted by molar-refractivity contribution is -0.870. The minimum atomic E-state index is -1.63. The zero-order valence-corrected chi connectivity index (χ0v) is 30.6. The summed E-state index contributed by atoms with van der Waals surface area (Å²) in [6, 6.07) is 0. The zero-order chi connectivity index (χ0) is 35.7. The molecule has 274 valence electrons. The summed E-state index contributed by atoms with van der Waals surface area (Å²) in [7, 11) is 5.86. The molecular weight excluding hydrogens is 610 g/mol. The van der Waals surface area contributed by atoms with Crippen molar-refractivity contribution in [3.8, 4) is 0 Å². The maximum Gasteiger partial charge on any atom is 0.306 e. The van der Waals surface area contributed by atoms with Gasteiger partial charge in [-0.2, -0.15) is 0 Å². The minimum Gasteiger partial charge on any atom is -0.545 e. The topological polar surface area (TPSA) is 111 Å². The first kappa shape index (κ1) is 45.0. The highest BCUT2D eigenvalue weighted by Gasteiger charge is 2.21. The minimum absolute atomic E-state index is 0.135. The third-order valence-corrected chi connectivity index (χ3v) is 7.03. The molecule has 9 nitrogen and oxygen atoms in total. The molecule has 48 heavy (non-hydrogen) atoms. The normalized spacial score (nSPS) is 13.8. The van der Waals surface area contributed by atoms with E-state index >= 15 is 0 Å². The number of esters is 2. The smallest absolute Gasteiger partial charge is 0.306 e. The number of rotatable bonds is 31. The number of unbranched alkanes of at least 4 members (excludes halogenated alkanes) is 6. The van der Waals surface area contributed by atoms with Crippen LogP contribution in [0.2, 0.25) is 0 Å². The molecule has 0 aromatic rings. The van der Waals surface area contributed by atoms with E-state index < -0.39 is 24.3 Å². The van der Waals surface area contributed by atoms with Gasteiger partial charge in [0.2, 0.25) is 0 Å². The van der Waals surface area contributed by atoms with Crippen LogP contribution in [0.15, 0.2) is 60.8 Å². The van der Waals surface area contributed by atoms with Gasteiger partial charge in [0.25, 0.3) is 0 Å². The molecule has 0 bridgehead atoms. The molecule has 0 saturated heterocycles. The quantitative estimate of drug-likeness (QED) is 0.0256. The number of carbonyl (C=O) groups is 3. The van der Waals surface area contributed by atoms with Crippen LogP contribution >= 0.6 is 0 Å². The molecule has 0 radical (unpaired) electrons. The van der Waals surface area contributed by atoms with Gasteiger partial charge in [0.05, 0.1) is 40.3 Å². The number of aliphatic carboxylic acids is 1. The van der Waals surface area contributed by atoms with Crippen LogP contribution in [0.25, 0.3) is 0 Å². The molecule has 0 fully saturated rings. The van der Waals surface area contributed by atoms with Crippen LogP contribution in [0.3, 0.4) is 0 Å². The van der Waals surface area contributed by atoms with Crippen molar-refractivity contribution in [1.82, 2.24) is 0 Å². The first-order valence-corrected chi connectivity index (χ1v) is 17.9. The SMILES string of the molecule is CC/C=C\C/C=C\C/C=C\C/C=C\C/C=C\CCCC(=O)OC(COC(=O)CCCCCCCC)COC(OCC[N+](C)(C)C)C(=O)[O-]. The fourth-order valence-corrected chi connectivity index (χ4v) is 4.21. The van der Waals surface area contributed by atoms with Crippen molar-refractivity contribution in [2.45, 2.75) is 123 Å². The Morgan fingerprint density at radius 3 is 1.75 bits per heavy atom. The first-order chi connectivity index (χ1) is 23.1. The van der Waals surface area contributed by atoms with Crippen LogP contribution in [-0.4, -0.2) is 82.3 Å². The summed E-state index contributed by atoms with van der Waals surface area (Å²) in [6.45, 7) is 4.44. The standard InChI is InChI=1S/C39H65NO8/c1-6-8-10-12-14-15-16-17-18-19-20-21-22-23-24-26-28-30-37(42)48-35(33-46-36(41)29-27-25-13-11-9-7-2)34-47-39(38(43)44)45-32-31-40(3,4)5/h8,10,14-15,17-18,20-21,23-24,35,39H,6-7,9,11-13,16,19,22,25-34H2,1-5H3/b10-8-,15-14-,18-17-,21-20-,24-23-. The molecule has 2 atom stereocenters. The maximum atomic E-state index is 12.6. The molecule has 0 N–H and O–H groups in total. The number of likely N-dealkylation sites (N-methyl/N-ethyl adjacent to an activating group) is 1. The number of hydrogen-bond donors (Lipinski definition) is 0. The number of ether oxygens (including phenoxy) is 4. The Morgan fingerprint density at radius 2 is 1.19 bits per heavy atom. The summed E-state index contributed by atoms with van der Waals surface area (Å²) in [5.41, 5.74) is 0. The van der Waals surface area contributed by atoms with Gasteiger partial charge in [-0.15, -0.1) is 0 Å². The molecule has 0 aromatic heterocycles. The Bertz CT molecular complexity index is 977. The summed E-state index contributed by atoms with van der Waals surface area (Å²) in [4.78, 5) is 36.5. The van der Waals surface area contributed by atoms with Crippen molar-refractivity contribution in [1.29, 1.82) is 0 Å². The third kappa shape index (κ3) is 31.6. The van der Waals surface area contributed by atoms with E-state index in [0.29, 0.717) is 23.9 Å². The summed E-state index contributed by atoms with van der Waals surface area (Å²) < 4.78 is 22.2. The second-order valence-electron chi connectivity index (χ2n) is 12.8. The molecule has 2 unspecified atom stereocenters. The van der Waals surface area contributed by atoms with Gasteiger partial charge >= 0.3 is 11.9 Å². The molecule has 0 aliphatic heterocycles. The number of quaternary nitrogens is 1. The van der Waals surface area contributed by atoms with Crippen LogP contribution in [0, 0.1) is 0 Å². The molecule has 0 rings (SSSR count). The third-order valence-electron chi connectivity index (χ3n) is 7.03. The molecule has 0 amide bonds. The van der Waals surface area contributed by atoms with Crippen molar-refractivity contribution in [2.75, 3.05) is 47.5 Å². The Hall–Kier alpha value is -3.01. The van der Waals surface area contributed by atoms with Crippen LogP contribution in [0.4, 0.5) is 0 Å². The number of hydrogen-bond acceptors (Lipinski definition) is 8. The maximum absolute atomic E-state index is 12.6. The first-order valence-electron chi connectivity index (χ1n) is 17.9. The second-order valence-corrected chi connectivity index (χ2v) is 12.8. The van der Waals surface area contributed by atoms with E-state index in [1.165, 1.54) is 6.42 Å². The van der Waals surface area contributed by atoms with Gasteiger partial charge in [0, 0.05) is 12.8 Å². The largest absolute Gasteiger partial charge is 0.545 e. The molecule has 0 aliphatic rings. The fraction of sp³-hybridized carbons (Fsp3) is 0.667. The number of allylic oxidation sites excluding steroid dienone is 10. The van der Waals surface area contributed by atoms with Crippen molar-refractivity contribution in [3.05, 3.63) is 60.8 Å². The highest BCUT2D eigenvalue weighted by Crippen LogP contribution is 2.10. The summed E-state index contributed by atoms with van der Waals surface area (Å²) in [6.07, 6.45) is 31.5. The number of carbonyl (C=O) groups excluding carboxylic acids is 3. The van der Waals surface area contributed by atoms with Gasteiger partial charge in [-0.25, -0.2) is 0 Å². The molecule has 0 aromatic carbocycles. The van der Waals surface area contributed by atoms with Gasteiger partial charge in [-0.3, -0.25) is 9.59 Å². The molecule has 9 heteroatoms. The lowest BCUT2D eigenvalue weighted by atomic mass is 10.1. The van der Waals surface area contributed by atoms with Crippen molar-refractivity contribution in [2.24, 2.45) is 0 Å². The predicted molar refractivity (Wildman–Crippen MR) is 191 cm³/mol. The second kappa shape index (κ2) is 31.3. The Balaban J connectivity index is 4.63. The van der Waals surface area contributed by atoms with Gasteiger partial charge in [-0.1, -0.05) is 107 Å². The van der Waals surface area contributed by atoms with E-state index in [9.17, 15) is 19.5 Å². The van der Waals surface area contributed by atoms with E-state index in [2.05, 4.69) is 68.5 Å². The van der Waals surface area contributed by atoms with Crippen molar-refractivity contribution in [3.63, 3.8) is 0 Å². The van der Waals surface area contributed by atoms with Gasteiger partial charge in [0.1, 0.15) is 13.2 Å². The monoisotopic (exact) mass is 675 g/mol. The molecule has 0 saturated carbocycles. The predicted octanol–water partition coefficient (Wildman–Crippen LogP) is 6.93. The van der Waals surface area contributed by atoms with Crippen LogP contribution in [0.5, 0.6) is 0 Å². The van der Waals surface area contributed by atoms with Crippen LogP contribution < -0.4 is 5.11 Å². The number of nitrogens with zero attached hydrogens (tertiary/aromatic N) is 1.